The maximum Gasteiger partial charge on any atom is 0.238 e. The lowest BCUT2D eigenvalue weighted by molar-refractivity contribution is 0.320. The molecular weight excluding hydrogens is 284 g/mol. The molecule has 0 atom stereocenters. The molecular formula is C13H13ClN2O4. The van der Waals surface area contributed by atoms with Gasteiger partial charge in [-0.15, -0.1) is 10.2 Å². The molecule has 1 aromatic heterocycles. The van der Waals surface area contributed by atoms with Crippen molar-refractivity contribution in [3.8, 4) is 28.9 Å². The maximum atomic E-state index is 5.66. The fourth-order valence-electron chi connectivity index (χ4n) is 1.59. The average Bonchev–Trinajstić information content (AvgIpc) is 2.48. The van der Waals surface area contributed by atoms with Crippen LogP contribution < -0.4 is 18.9 Å². The first kappa shape index (κ1) is 14.2. The number of rotatable bonds is 5. The van der Waals surface area contributed by atoms with Crippen molar-refractivity contribution in [2.24, 2.45) is 0 Å². The molecule has 0 bridgehead atoms. The maximum absolute atomic E-state index is 5.66. The van der Waals surface area contributed by atoms with E-state index in [2.05, 4.69) is 10.2 Å². The van der Waals surface area contributed by atoms with Crippen molar-refractivity contribution in [1.82, 2.24) is 10.2 Å². The Morgan fingerprint density at radius 2 is 1.55 bits per heavy atom. The molecule has 0 saturated heterocycles. The predicted octanol–water partition coefficient (Wildman–Crippen LogP) is 2.95. The van der Waals surface area contributed by atoms with E-state index >= 15 is 0 Å². The molecule has 6 nitrogen and oxygen atoms in total. The molecule has 0 fully saturated rings. The first-order valence-electron chi connectivity index (χ1n) is 5.65. The van der Waals surface area contributed by atoms with Gasteiger partial charge in [-0.2, -0.15) is 0 Å². The minimum atomic E-state index is 0.294. The Balaban J connectivity index is 2.34. The number of hydrogen-bond acceptors (Lipinski definition) is 6. The highest BCUT2D eigenvalue weighted by Crippen LogP contribution is 2.41. The van der Waals surface area contributed by atoms with Crippen LogP contribution in [-0.4, -0.2) is 31.5 Å². The molecule has 0 aliphatic carbocycles. The van der Waals surface area contributed by atoms with Crippen LogP contribution in [-0.2, 0) is 0 Å². The Morgan fingerprint density at radius 1 is 0.900 bits per heavy atom. The molecule has 2 rings (SSSR count). The molecule has 0 saturated carbocycles. The van der Waals surface area contributed by atoms with Crippen LogP contribution >= 0.6 is 11.6 Å². The first-order valence-corrected chi connectivity index (χ1v) is 6.02. The van der Waals surface area contributed by atoms with Crippen molar-refractivity contribution in [2.75, 3.05) is 21.3 Å². The van der Waals surface area contributed by atoms with Gasteiger partial charge in [0.25, 0.3) is 0 Å². The lowest BCUT2D eigenvalue weighted by atomic mass is 10.2. The standard InChI is InChI=1S/C13H13ClN2O4/c1-17-9-6-8(7-10(18-2)13(9)19-3)20-12-5-4-11(14)15-16-12/h4-7H,1-3H3. The Hall–Kier alpha value is -2.21. The van der Waals surface area contributed by atoms with Gasteiger partial charge >= 0.3 is 0 Å². The van der Waals surface area contributed by atoms with E-state index in [9.17, 15) is 0 Å². The number of methoxy groups -OCH3 is 3. The summed E-state index contributed by atoms with van der Waals surface area (Å²) in [6.07, 6.45) is 0. The van der Waals surface area contributed by atoms with Crippen molar-refractivity contribution in [1.29, 1.82) is 0 Å². The Morgan fingerprint density at radius 3 is 2.00 bits per heavy atom. The molecule has 0 amide bonds. The second kappa shape index (κ2) is 6.29. The zero-order valence-electron chi connectivity index (χ0n) is 11.2. The minimum Gasteiger partial charge on any atom is -0.493 e. The van der Waals surface area contributed by atoms with Crippen molar-refractivity contribution in [3.05, 3.63) is 29.4 Å². The van der Waals surface area contributed by atoms with E-state index in [0.29, 0.717) is 34.0 Å². The van der Waals surface area contributed by atoms with Crippen molar-refractivity contribution < 1.29 is 18.9 Å². The van der Waals surface area contributed by atoms with E-state index < -0.39 is 0 Å². The summed E-state index contributed by atoms with van der Waals surface area (Å²) in [6, 6.07) is 6.52. The molecule has 106 valence electrons. The van der Waals surface area contributed by atoms with E-state index in [1.165, 1.54) is 21.3 Å². The first-order chi connectivity index (χ1) is 9.67. The number of aromatic nitrogens is 2. The molecule has 0 aliphatic heterocycles. The summed E-state index contributed by atoms with van der Waals surface area (Å²) in [5.41, 5.74) is 0. The molecule has 7 heteroatoms. The van der Waals surface area contributed by atoms with Crippen LogP contribution in [0.1, 0.15) is 0 Å². The SMILES string of the molecule is COc1cc(Oc2ccc(Cl)nn2)cc(OC)c1OC. The van der Waals surface area contributed by atoms with Gasteiger partial charge < -0.3 is 18.9 Å². The summed E-state index contributed by atoms with van der Waals surface area (Å²) in [5.74, 6) is 2.26. The highest BCUT2D eigenvalue weighted by molar-refractivity contribution is 6.29. The van der Waals surface area contributed by atoms with Crippen LogP contribution in [0, 0.1) is 0 Å². The van der Waals surface area contributed by atoms with Crippen LogP contribution in [0.5, 0.6) is 28.9 Å². The summed E-state index contributed by atoms with van der Waals surface area (Å²) in [7, 11) is 4.60. The van der Waals surface area contributed by atoms with E-state index in [1.807, 2.05) is 0 Å². The van der Waals surface area contributed by atoms with Gasteiger partial charge in [0, 0.05) is 18.2 Å². The molecule has 2 aromatic rings. The van der Waals surface area contributed by atoms with Crippen molar-refractivity contribution in [3.63, 3.8) is 0 Å². The lowest BCUT2D eigenvalue weighted by Gasteiger charge is -2.14. The molecule has 1 aromatic carbocycles. The van der Waals surface area contributed by atoms with Gasteiger partial charge in [0.15, 0.2) is 16.7 Å². The number of hydrogen-bond donors (Lipinski definition) is 0. The molecule has 1 heterocycles. The summed E-state index contributed by atoms with van der Waals surface area (Å²) in [4.78, 5) is 0. The van der Waals surface area contributed by atoms with Gasteiger partial charge in [-0.1, -0.05) is 11.6 Å². The molecule has 0 unspecified atom stereocenters. The van der Waals surface area contributed by atoms with Crippen LogP contribution in [0.15, 0.2) is 24.3 Å². The minimum absolute atomic E-state index is 0.294. The highest BCUT2D eigenvalue weighted by Gasteiger charge is 2.14. The van der Waals surface area contributed by atoms with E-state index in [0.717, 1.165) is 0 Å². The van der Waals surface area contributed by atoms with Crippen LogP contribution in [0.2, 0.25) is 5.15 Å². The number of benzene rings is 1. The van der Waals surface area contributed by atoms with Crippen LogP contribution in [0.3, 0.4) is 0 Å². The molecule has 0 aliphatic rings. The number of halogens is 1. The van der Waals surface area contributed by atoms with Gasteiger partial charge in [-0.3, -0.25) is 0 Å². The lowest BCUT2D eigenvalue weighted by Crippen LogP contribution is -1.97. The third kappa shape index (κ3) is 3.03. The molecule has 20 heavy (non-hydrogen) atoms. The van der Waals surface area contributed by atoms with E-state index in [-0.39, 0.29) is 0 Å². The van der Waals surface area contributed by atoms with Gasteiger partial charge in [0.2, 0.25) is 11.6 Å². The highest BCUT2D eigenvalue weighted by atomic mass is 35.5. The monoisotopic (exact) mass is 296 g/mol. The zero-order valence-corrected chi connectivity index (χ0v) is 12.0. The van der Waals surface area contributed by atoms with Crippen LogP contribution in [0.25, 0.3) is 0 Å². The van der Waals surface area contributed by atoms with E-state index in [4.69, 9.17) is 30.5 Å². The van der Waals surface area contributed by atoms with E-state index in [1.54, 1.807) is 24.3 Å². The molecule has 0 N–H and O–H groups in total. The second-order valence-electron chi connectivity index (χ2n) is 3.66. The van der Waals surface area contributed by atoms with Gasteiger partial charge in [0.1, 0.15) is 5.75 Å². The molecule has 0 spiro atoms. The fraction of sp³-hybridized carbons (Fsp3) is 0.231. The Labute approximate surface area is 121 Å². The third-order valence-corrected chi connectivity index (χ3v) is 2.67. The quantitative estimate of drug-likeness (QED) is 0.845. The van der Waals surface area contributed by atoms with Gasteiger partial charge in [-0.25, -0.2) is 0 Å². The van der Waals surface area contributed by atoms with Gasteiger partial charge in [0.05, 0.1) is 21.3 Å². The fourth-order valence-corrected chi connectivity index (χ4v) is 1.70. The third-order valence-electron chi connectivity index (χ3n) is 2.47. The smallest absolute Gasteiger partial charge is 0.238 e. The Kier molecular flexibility index (Phi) is 4.47. The van der Waals surface area contributed by atoms with Crippen LogP contribution in [0.4, 0.5) is 0 Å². The second-order valence-corrected chi connectivity index (χ2v) is 4.04. The summed E-state index contributed by atoms with van der Waals surface area (Å²) in [5, 5.41) is 7.80. The van der Waals surface area contributed by atoms with Crippen molar-refractivity contribution >= 4 is 11.6 Å². The predicted molar refractivity (Wildman–Crippen MR) is 73.2 cm³/mol. The van der Waals surface area contributed by atoms with Crippen molar-refractivity contribution in [2.45, 2.75) is 0 Å². The zero-order chi connectivity index (χ0) is 14.5. The topological polar surface area (TPSA) is 62.7 Å². The normalized spacial score (nSPS) is 10.0. The largest absolute Gasteiger partial charge is 0.493 e. The molecule has 0 radical (unpaired) electrons. The summed E-state index contributed by atoms with van der Waals surface area (Å²) in [6.45, 7) is 0. The average molecular weight is 297 g/mol. The summed E-state index contributed by atoms with van der Waals surface area (Å²) < 4.78 is 21.3. The summed E-state index contributed by atoms with van der Waals surface area (Å²) >= 11 is 5.66. The van der Waals surface area contributed by atoms with Gasteiger partial charge in [-0.05, 0) is 6.07 Å². The number of ether oxygens (including phenoxy) is 4. The Bertz CT molecular complexity index is 564. The number of nitrogens with zero attached hydrogens (tertiary/aromatic N) is 2.